The predicted molar refractivity (Wildman–Crippen MR) is 93.7 cm³/mol. The van der Waals surface area contributed by atoms with Crippen LogP contribution in [0.5, 0.6) is 0 Å². The summed E-state index contributed by atoms with van der Waals surface area (Å²) in [4.78, 5) is 13.4. The van der Waals surface area contributed by atoms with Crippen LogP contribution in [0, 0.1) is 5.92 Å². The molecular weight excluding hydrogens is 320 g/mol. The molecule has 25 heavy (non-hydrogen) atoms. The van der Waals surface area contributed by atoms with Gasteiger partial charge in [-0.15, -0.1) is 5.10 Å². The van der Waals surface area contributed by atoms with Crippen molar-refractivity contribution in [1.82, 2.24) is 15.0 Å². The first-order valence-electron chi connectivity index (χ1n) is 8.69. The molecule has 1 aromatic heterocycles. The van der Waals surface area contributed by atoms with Gasteiger partial charge in [0.1, 0.15) is 0 Å². The summed E-state index contributed by atoms with van der Waals surface area (Å²) in [6.45, 7) is 5.90. The van der Waals surface area contributed by atoms with Crippen LogP contribution >= 0.6 is 0 Å². The van der Waals surface area contributed by atoms with Crippen LogP contribution in [0.2, 0.25) is 0 Å². The summed E-state index contributed by atoms with van der Waals surface area (Å²) in [5.74, 6) is -1.19. The quantitative estimate of drug-likeness (QED) is 0.825. The Hall–Kier alpha value is -2.41. The Morgan fingerprint density at radius 1 is 1.28 bits per heavy atom. The Bertz CT molecular complexity index is 693. The summed E-state index contributed by atoms with van der Waals surface area (Å²) in [7, 11) is 0. The van der Waals surface area contributed by atoms with Crippen LogP contribution in [-0.4, -0.2) is 52.4 Å². The molecule has 1 atom stereocenters. The van der Waals surface area contributed by atoms with E-state index in [1.54, 1.807) is 4.68 Å². The first-order chi connectivity index (χ1) is 12.2. The second-order valence-corrected chi connectivity index (χ2v) is 6.32. The summed E-state index contributed by atoms with van der Waals surface area (Å²) in [6.07, 6.45) is 2.84. The fraction of sp³-hybridized carbons (Fsp3) is 0.500. The average molecular weight is 344 g/mol. The number of rotatable bonds is 7. The van der Waals surface area contributed by atoms with E-state index in [1.165, 1.54) is 5.69 Å². The minimum absolute atomic E-state index is 0.405. The van der Waals surface area contributed by atoms with Gasteiger partial charge in [-0.2, -0.15) is 0 Å². The Morgan fingerprint density at radius 2 is 2.00 bits per heavy atom. The highest BCUT2D eigenvalue weighted by atomic mass is 16.5. The maximum Gasteiger partial charge on any atom is 0.306 e. The highest BCUT2D eigenvalue weighted by Gasteiger charge is 2.17. The second-order valence-electron chi connectivity index (χ2n) is 6.32. The molecule has 1 saturated heterocycles. The highest BCUT2D eigenvalue weighted by molar-refractivity contribution is 5.70. The lowest BCUT2D eigenvalue weighted by Crippen LogP contribution is -2.36. The van der Waals surface area contributed by atoms with Crippen LogP contribution in [-0.2, 0) is 22.5 Å². The lowest BCUT2D eigenvalue weighted by atomic mass is 10.0. The fourth-order valence-electron chi connectivity index (χ4n) is 2.99. The Balaban J connectivity index is 1.60. The van der Waals surface area contributed by atoms with Crippen molar-refractivity contribution < 1.29 is 14.6 Å². The van der Waals surface area contributed by atoms with Crippen molar-refractivity contribution in [1.29, 1.82) is 0 Å². The number of aliphatic carboxylic acids is 1. The molecule has 2 aromatic rings. The van der Waals surface area contributed by atoms with E-state index in [4.69, 9.17) is 9.84 Å². The summed E-state index contributed by atoms with van der Waals surface area (Å²) < 4.78 is 7.14. The lowest BCUT2D eigenvalue weighted by molar-refractivity contribution is -0.141. The predicted octanol–water partition coefficient (Wildman–Crippen LogP) is 1.82. The fourth-order valence-corrected chi connectivity index (χ4v) is 2.99. The third kappa shape index (κ3) is 4.57. The van der Waals surface area contributed by atoms with Crippen molar-refractivity contribution in [2.75, 3.05) is 31.2 Å². The van der Waals surface area contributed by atoms with E-state index < -0.39 is 11.9 Å². The van der Waals surface area contributed by atoms with Crippen LogP contribution in [0.4, 0.5) is 5.69 Å². The van der Waals surface area contributed by atoms with Crippen LogP contribution < -0.4 is 4.90 Å². The van der Waals surface area contributed by atoms with Gasteiger partial charge >= 0.3 is 5.97 Å². The Morgan fingerprint density at radius 3 is 2.64 bits per heavy atom. The minimum Gasteiger partial charge on any atom is -0.481 e. The monoisotopic (exact) mass is 344 g/mol. The van der Waals surface area contributed by atoms with E-state index >= 15 is 0 Å². The summed E-state index contributed by atoms with van der Waals surface area (Å²) >= 11 is 0. The highest BCUT2D eigenvalue weighted by Crippen LogP contribution is 2.17. The first kappa shape index (κ1) is 17.4. The van der Waals surface area contributed by atoms with Gasteiger partial charge in [-0.1, -0.05) is 24.3 Å². The van der Waals surface area contributed by atoms with Crippen LogP contribution in [0.3, 0.4) is 0 Å². The molecule has 1 N–H and O–H groups in total. The van der Waals surface area contributed by atoms with Crippen molar-refractivity contribution in [3.8, 4) is 0 Å². The van der Waals surface area contributed by atoms with E-state index in [2.05, 4.69) is 39.5 Å². The molecule has 1 unspecified atom stereocenters. The maximum atomic E-state index is 11.1. The van der Waals surface area contributed by atoms with Gasteiger partial charge in [-0.3, -0.25) is 4.79 Å². The van der Waals surface area contributed by atoms with Gasteiger partial charge in [0.15, 0.2) is 0 Å². The summed E-state index contributed by atoms with van der Waals surface area (Å²) in [6, 6.07) is 8.43. The number of carbonyl (C=O) groups is 1. The third-order valence-electron chi connectivity index (χ3n) is 4.54. The Kier molecular flexibility index (Phi) is 5.65. The number of aromatic nitrogens is 3. The van der Waals surface area contributed by atoms with E-state index in [1.807, 2.05) is 13.1 Å². The number of hydrogen-bond acceptors (Lipinski definition) is 5. The van der Waals surface area contributed by atoms with Gasteiger partial charge in [0.25, 0.3) is 0 Å². The third-order valence-corrected chi connectivity index (χ3v) is 4.54. The second kappa shape index (κ2) is 8.11. The van der Waals surface area contributed by atoms with E-state index in [0.717, 1.165) is 37.6 Å². The molecule has 3 rings (SSSR count). The number of benzene rings is 1. The van der Waals surface area contributed by atoms with Crippen molar-refractivity contribution in [3.05, 3.63) is 41.7 Å². The van der Waals surface area contributed by atoms with Gasteiger partial charge in [-0.25, -0.2) is 4.68 Å². The van der Waals surface area contributed by atoms with Crippen LogP contribution in [0.1, 0.15) is 24.6 Å². The van der Waals surface area contributed by atoms with Gasteiger partial charge in [0.05, 0.1) is 31.4 Å². The lowest BCUT2D eigenvalue weighted by Gasteiger charge is -2.28. The zero-order chi connectivity index (χ0) is 17.6. The normalized spacial score (nSPS) is 16.0. The zero-order valence-corrected chi connectivity index (χ0v) is 14.5. The smallest absolute Gasteiger partial charge is 0.306 e. The maximum absolute atomic E-state index is 11.1. The molecule has 7 heteroatoms. The molecule has 0 radical (unpaired) electrons. The zero-order valence-electron chi connectivity index (χ0n) is 14.5. The molecule has 1 aromatic carbocycles. The van der Waals surface area contributed by atoms with Crippen molar-refractivity contribution in [2.45, 2.75) is 26.3 Å². The molecule has 7 nitrogen and oxygen atoms in total. The molecule has 0 aliphatic carbocycles. The number of carboxylic acids is 1. The molecule has 0 spiro atoms. The first-order valence-corrected chi connectivity index (χ1v) is 8.69. The number of carboxylic acid groups (broad SMARTS) is 1. The van der Waals surface area contributed by atoms with Gasteiger partial charge < -0.3 is 14.7 Å². The number of hydrogen-bond donors (Lipinski definition) is 1. The molecule has 0 amide bonds. The van der Waals surface area contributed by atoms with Gasteiger partial charge in [-0.05, 0) is 24.1 Å². The number of morpholine rings is 1. The minimum atomic E-state index is -0.782. The van der Waals surface area contributed by atoms with Crippen molar-refractivity contribution in [3.63, 3.8) is 0 Å². The number of nitrogens with zero attached hydrogens (tertiary/aromatic N) is 4. The molecule has 2 heterocycles. The molecule has 0 saturated carbocycles. The van der Waals surface area contributed by atoms with Gasteiger partial charge in [0, 0.05) is 31.4 Å². The number of anilines is 1. The van der Waals surface area contributed by atoms with Crippen LogP contribution in [0.25, 0.3) is 0 Å². The molecule has 134 valence electrons. The topological polar surface area (TPSA) is 80.5 Å². The van der Waals surface area contributed by atoms with Crippen molar-refractivity contribution in [2.24, 2.45) is 5.92 Å². The summed E-state index contributed by atoms with van der Waals surface area (Å²) in [5.41, 5.74) is 3.07. The van der Waals surface area contributed by atoms with Gasteiger partial charge in [0.2, 0.25) is 0 Å². The molecule has 1 aliphatic rings. The Labute approximate surface area is 147 Å². The van der Waals surface area contributed by atoms with E-state index in [0.29, 0.717) is 19.4 Å². The standard InChI is InChI=1S/C18H24N4O3/c1-2-15(18(23)24)11-16-13-22(20-19-16)12-14-3-5-17(6-4-14)21-7-9-25-10-8-21/h3-6,13,15H,2,7-12H2,1H3,(H,23,24). The van der Waals surface area contributed by atoms with E-state index in [-0.39, 0.29) is 0 Å². The van der Waals surface area contributed by atoms with Crippen molar-refractivity contribution >= 4 is 11.7 Å². The largest absolute Gasteiger partial charge is 0.481 e. The SMILES string of the molecule is CCC(Cc1cn(Cc2ccc(N3CCOCC3)cc2)nn1)C(=O)O. The average Bonchev–Trinajstić information content (AvgIpc) is 3.08. The van der Waals surface area contributed by atoms with E-state index in [9.17, 15) is 4.79 Å². The van der Waals surface area contributed by atoms with Crippen LogP contribution in [0.15, 0.2) is 30.5 Å². The molecule has 1 fully saturated rings. The molecular formula is C18H24N4O3. The number of ether oxygens (including phenoxy) is 1. The molecule has 1 aliphatic heterocycles. The summed E-state index contributed by atoms with van der Waals surface area (Å²) in [5, 5.41) is 17.4. The molecule has 0 bridgehead atoms.